The first-order chi connectivity index (χ1) is 9.93. The third-order valence-electron chi connectivity index (χ3n) is 3.92. The lowest BCUT2D eigenvalue weighted by Gasteiger charge is -2.26. The van der Waals surface area contributed by atoms with Gasteiger partial charge in [0.2, 0.25) is 5.91 Å². The first-order valence-corrected chi connectivity index (χ1v) is 7.84. The highest BCUT2D eigenvalue weighted by Gasteiger charge is 2.33. The average Bonchev–Trinajstić information content (AvgIpc) is 3.24. The summed E-state index contributed by atoms with van der Waals surface area (Å²) in [5.74, 6) is 0.491. The number of halogens is 2. The summed E-state index contributed by atoms with van der Waals surface area (Å²) in [7, 11) is 1.93. The number of amides is 1. The normalized spacial score (nSPS) is 16.1. The maximum Gasteiger partial charge on any atom is 0.238 e. The fourth-order valence-electron chi connectivity index (χ4n) is 2.51. The third-order valence-corrected chi connectivity index (χ3v) is 4.72. The number of hydrogen-bond donors (Lipinski definition) is 2. The highest BCUT2D eigenvalue weighted by atomic mass is 35.5. The van der Waals surface area contributed by atoms with Crippen molar-refractivity contribution in [3.63, 3.8) is 0 Å². The summed E-state index contributed by atoms with van der Waals surface area (Å²) in [5, 5.41) is 3.73. The summed E-state index contributed by atoms with van der Waals surface area (Å²) >= 11 is 12.3. The SMILES string of the molecule is Cc1ccc(Cl)c(NC(=O)CN(C)C(CN)C2CC2)c1Cl. The molecule has 0 radical (unpaired) electrons. The molecule has 0 spiro atoms. The molecule has 1 aromatic carbocycles. The van der Waals surface area contributed by atoms with Crippen molar-refractivity contribution in [3.8, 4) is 0 Å². The average molecular weight is 330 g/mol. The highest BCUT2D eigenvalue weighted by Crippen LogP contribution is 2.35. The van der Waals surface area contributed by atoms with E-state index in [1.807, 2.05) is 24.9 Å². The van der Waals surface area contributed by atoms with Gasteiger partial charge in [0.05, 0.1) is 22.3 Å². The molecule has 1 fully saturated rings. The zero-order chi connectivity index (χ0) is 15.6. The largest absolute Gasteiger partial charge is 0.329 e. The third kappa shape index (κ3) is 4.10. The Morgan fingerprint density at radius 2 is 2.14 bits per heavy atom. The molecule has 116 valence electrons. The number of nitrogens with one attached hydrogen (secondary N) is 1. The van der Waals surface area contributed by atoms with Crippen LogP contribution in [-0.4, -0.2) is 37.0 Å². The van der Waals surface area contributed by atoms with Gasteiger partial charge in [0.25, 0.3) is 0 Å². The summed E-state index contributed by atoms with van der Waals surface area (Å²) in [6, 6.07) is 3.82. The second-order valence-corrected chi connectivity index (χ2v) is 6.44. The number of benzene rings is 1. The fraction of sp³-hybridized carbons (Fsp3) is 0.533. The van der Waals surface area contributed by atoms with E-state index >= 15 is 0 Å². The van der Waals surface area contributed by atoms with Crippen LogP contribution < -0.4 is 11.1 Å². The Labute approximate surface area is 135 Å². The molecule has 2 rings (SSSR count). The molecule has 0 saturated heterocycles. The Hall–Kier alpha value is -0.810. The Morgan fingerprint density at radius 3 is 2.71 bits per heavy atom. The van der Waals surface area contributed by atoms with E-state index in [2.05, 4.69) is 5.32 Å². The molecule has 0 aliphatic heterocycles. The first-order valence-electron chi connectivity index (χ1n) is 7.08. The van der Waals surface area contributed by atoms with E-state index in [-0.39, 0.29) is 18.5 Å². The second-order valence-electron chi connectivity index (χ2n) is 5.66. The number of carbonyl (C=O) groups is 1. The number of nitrogens with zero attached hydrogens (tertiary/aromatic N) is 1. The van der Waals surface area contributed by atoms with Crippen LogP contribution >= 0.6 is 23.2 Å². The van der Waals surface area contributed by atoms with Crippen LogP contribution in [0.3, 0.4) is 0 Å². The number of anilines is 1. The van der Waals surface area contributed by atoms with Gasteiger partial charge >= 0.3 is 0 Å². The van der Waals surface area contributed by atoms with Crippen LogP contribution in [0.1, 0.15) is 18.4 Å². The summed E-state index contributed by atoms with van der Waals surface area (Å²) in [5.41, 5.74) is 7.15. The predicted molar refractivity (Wildman–Crippen MR) is 88.0 cm³/mol. The molecule has 6 heteroatoms. The smallest absolute Gasteiger partial charge is 0.238 e. The molecule has 1 amide bonds. The number of rotatable bonds is 6. The van der Waals surface area contributed by atoms with Gasteiger partial charge in [0.1, 0.15) is 0 Å². The van der Waals surface area contributed by atoms with Gasteiger partial charge in [0, 0.05) is 12.6 Å². The van der Waals surface area contributed by atoms with Crippen LogP contribution in [0, 0.1) is 12.8 Å². The number of nitrogens with two attached hydrogens (primary N) is 1. The van der Waals surface area contributed by atoms with Crippen molar-refractivity contribution >= 4 is 34.8 Å². The lowest BCUT2D eigenvalue weighted by atomic mass is 10.1. The molecule has 1 aliphatic carbocycles. The maximum absolute atomic E-state index is 12.2. The molecule has 0 bridgehead atoms. The molecular formula is C15H21Cl2N3O. The second kappa shape index (κ2) is 6.97. The fourth-order valence-corrected chi connectivity index (χ4v) is 2.97. The molecule has 1 unspecified atom stereocenters. The molecule has 1 aliphatic rings. The predicted octanol–water partition coefficient (Wildman–Crippen LogP) is 2.91. The highest BCUT2D eigenvalue weighted by molar-refractivity contribution is 6.40. The molecule has 0 heterocycles. The van der Waals surface area contributed by atoms with E-state index in [0.29, 0.717) is 28.2 Å². The standard InChI is InChI=1S/C15H21Cl2N3O/c1-9-3-6-11(16)15(14(9)17)19-13(21)8-20(2)12(7-18)10-4-5-10/h3,6,10,12H,4-5,7-8,18H2,1-2H3,(H,19,21). The van der Waals surface area contributed by atoms with Crippen molar-refractivity contribution in [1.82, 2.24) is 4.90 Å². The molecule has 21 heavy (non-hydrogen) atoms. The van der Waals surface area contributed by atoms with Crippen molar-refractivity contribution in [2.75, 3.05) is 25.5 Å². The van der Waals surface area contributed by atoms with E-state index in [1.54, 1.807) is 6.07 Å². The minimum Gasteiger partial charge on any atom is -0.329 e. The lowest BCUT2D eigenvalue weighted by molar-refractivity contribution is -0.117. The van der Waals surface area contributed by atoms with E-state index < -0.39 is 0 Å². The minimum atomic E-state index is -0.133. The van der Waals surface area contributed by atoms with Crippen LogP contribution in [0.5, 0.6) is 0 Å². The summed E-state index contributed by atoms with van der Waals surface area (Å²) in [6.45, 7) is 2.72. The topological polar surface area (TPSA) is 58.4 Å². The van der Waals surface area contributed by atoms with E-state index in [0.717, 1.165) is 5.56 Å². The van der Waals surface area contributed by atoms with Gasteiger partial charge in [-0.3, -0.25) is 9.69 Å². The van der Waals surface area contributed by atoms with Crippen molar-refractivity contribution < 1.29 is 4.79 Å². The van der Waals surface area contributed by atoms with Gasteiger partial charge in [-0.25, -0.2) is 0 Å². The summed E-state index contributed by atoms with van der Waals surface area (Å²) in [4.78, 5) is 14.2. The van der Waals surface area contributed by atoms with E-state index in [9.17, 15) is 4.79 Å². The van der Waals surface area contributed by atoms with Crippen molar-refractivity contribution in [3.05, 3.63) is 27.7 Å². The van der Waals surface area contributed by atoms with Crippen molar-refractivity contribution in [2.24, 2.45) is 11.7 Å². The monoisotopic (exact) mass is 329 g/mol. The van der Waals surface area contributed by atoms with Gasteiger partial charge in [-0.1, -0.05) is 29.3 Å². The molecule has 4 nitrogen and oxygen atoms in total. The Balaban J connectivity index is 2.00. The van der Waals surface area contributed by atoms with Crippen LogP contribution in [0.15, 0.2) is 12.1 Å². The van der Waals surface area contributed by atoms with E-state index in [1.165, 1.54) is 12.8 Å². The van der Waals surface area contributed by atoms with Crippen LogP contribution in [0.25, 0.3) is 0 Å². The van der Waals surface area contributed by atoms with E-state index in [4.69, 9.17) is 28.9 Å². The Kier molecular flexibility index (Phi) is 5.49. The first kappa shape index (κ1) is 16.6. The number of carbonyl (C=O) groups excluding carboxylic acids is 1. The molecule has 1 atom stereocenters. The van der Waals surface area contributed by atoms with Crippen molar-refractivity contribution in [1.29, 1.82) is 0 Å². The van der Waals surface area contributed by atoms with Gasteiger partial charge < -0.3 is 11.1 Å². The Bertz CT molecular complexity index is 532. The molecule has 1 saturated carbocycles. The number of likely N-dealkylation sites (N-methyl/N-ethyl adjacent to an activating group) is 1. The zero-order valence-corrected chi connectivity index (χ0v) is 13.8. The lowest BCUT2D eigenvalue weighted by Crippen LogP contribution is -2.43. The molecular weight excluding hydrogens is 309 g/mol. The van der Waals surface area contributed by atoms with Crippen LogP contribution in [0.4, 0.5) is 5.69 Å². The van der Waals surface area contributed by atoms with Crippen LogP contribution in [-0.2, 0) is 4.79 Å². The maximum atomic E-state index is 12.2. The quantitative estimate of drug-likeness (QED) is 0.843. The molecule has 1 aromatic rings. The van der Waals surface area contributed by atoms with Gasteiger partial charge in [0.15, 0.2) is 0 Å². The molecule has 3 N–H and O–H groups in total. The summed E-state index contributed by atoms with van der Waals surface area (Å²) in [6.07, 6.45) is 2.40. The van der Waals surface area contributed by atoms with Crippen LogP contribution in [0.2, 0.25) is 10.0 Å². The van der Waals surface area contributed by atoms with Gasteiger partial charge in [-0.2, -0.15) is 0 Å². The van der Waals surface area contributed by atoms with Gasteiger partial charge in [-0.05, 0) is 44.4 Å². The number of aryl methyl sites for hydroxylation is 1. The zero-order valence-electron chi connectivity index (χ0n) is 12.3. The Morgan fingerprint density at radius 1 is 1.48 bits per heavy atom. The number of hydrogen-bond acceptors (Lipinski definition) is 3. The molecule has 0 aromatic heterocycles. The minimum absolute atomic E-state index is 0.133. The summed E-state index contributed by atoms with van der Waals surface area (Å²) < 4.78 is 0. The van der Waals surface area contributed by atoms with Crippen molar-refractivity contribution in [2.45, 2.75) is 25.8 Å². The van der Waals surface area contributed by atoms with Gasteiger partial charge in [-0.15, -0.1) is 0 Å².